The second-order valence-corrected chi connectivity index (χ2v) is 4.36. The normalized spacial score (nSPS) is 17.4. The van der Waals surface area contributed by atoms with Crippen molar-refractivity contribution in [3.05, 3.63) is 6.42 Å². The summed E-state index contributed by atoms with van der Waals surface area (Å²) in [6, 6.07) is 1.76. The molecule has 3 nitrogen and oxygen atoms in total. The van der Waals surface area contributed by atoms with Gasteiger partial charge >= 0.3 is 0 Å². The molecule has 0 bridgehead atoms. The van der Waals surface area contributed by atoms with Gasteiger partial charge in [-0.25, -0.2) is 0 Å². The van der Waals surface area contributed by atoms with Gasteiger partial charge in [-0.3, -0.25) is 0 Å². The van der Waals surface area contributed by atoms with Gasteiger partial charge in [0.2, 0.25) is 0 Å². The van der Waals surface area contributed by atoms with Crippen molar-refractivity contribution in [1.29, 1.82) is 0 Å². The van der Waals surface area contributed by atoms with E-state index >= 15 is 0 Å². The zero-order chi connectivity index (χ0) is 11.7. The lowest BCUT2D eigenvalue weighted by atomic mass is 10.0. The number of hydrogen-bond acceptors (Lipinski definition) is 3. The lowest BCUT2D eigenvalue weighted by molar-refractivity contribution is 0.433. The van der Waals surface area contributed by atoms with Crippen molar-refractivity contribution in [3.8, 4) is 0 Å². The van der Waals surface area contributed by atoms with Crippen LogP contribution in [0, 0.1) is 6.42 Å². The first-order chi connectivity index (χ1) is 7.13. The Kier molecular flexibility index (Phi) is 9.06. The van der Waals surface area contributed by atoms with Crippen molar-refractivity contribution >= 4 is 0 Å². The van der Waals surface area contributed by atoms with E-state index in [4.69, 9.17) is 0 Å². The summed E-state index contributed by atoms with van der Waals surface area (Å²) in [4.78, 5) is 0. The highest BCUT2D eigenvalue weighted by Crippen LogP contribution is 2.07. The topological polar surface area (TPSA) is 36.1 Å². The molecule has 0 heterocycles. The van der Waals surface area contributed by atoms with E-state index < -0.39 is 0 Å². The summed E-state index contributed by atoms with van der Waals surface area (Å²) in [6.07, 6.45) is 5.85. The Bertz CT molecular complexity index is 139. The molecule has 0 saturated heterocycles. The second-order valence-electron chi connectivity index (χ2n) is 4.36. The van der Waals surface area contributed by atoms with Crippen LogP contribution in [0.4, 0.5) is 0 Å². The fourth-order valence-electron chi connectivity index (χ4n) is 1.54. The molecule has 91 valence electrons. The average molecular weight is 214 g/mol. The van der Waals surface area contributed by atoms with Crippen LogP contribution in [0.25, 0.3) is 0 Å². The Hall–Kier alpha value is -0.120. The summed E-state index contributed by atoms with van der Waals surface area (Å²) in [5.41, 5.74) is 0. The highest BCUT2D eigenvalue weighted by atomic mass is 14.9. The van der Waals surface area contributed by atoms with E-state index in [0.29, 0.717) is 18.1 Å². The molecule has 0 aliphatic carbocycles. The van der Waals surface area contributed by atoms with Gasteiger partial charge in [-0.15, -0.1) is 0 Å². The molecule has 3 N–H and O–H groups in total. The molecule has 0 saturated carbocycles. The summed E-state index contributed by atoms with van der Waals surface area (Å²) >= 11 is 0. The Morgan fingerprint density at radius 2 is 1.47 bits per heavy atom. The van der Waals surface area contributed by atoms with Crippen molar-refractivity contribution in [2.24, 2.45) is 0 Å². The van der Waals surface area contributed by atoms with Crippen LogP contribution in [0.15, 0.2) is 0 Å². The summed E-state index contributed by atoms with van der Waals surface area (Å²) < 4.78 is 0. The van der Waals surface area contributed by atoms with Gasteiger partial charge in [0.1, 0.15) is 0 Å². The maximum Gasteiger partial charge on any atom is 0.00815 e. The number of nitrogens with one attached hydrogen (secondary N) is 3. The van der Waals surface area contributed by atoms with Crippen LogP contribution in [0.2, 0.25) is 0 Å². The van der Waals surface area contributed by atoms with Crippen LogP contribution in [-0.2, 0) is 0 Å². The Morgan fingerprint density at radius 1 is 0.867 bits per heavy atom. The van der Waals surface area contributed by atoms with Gasteiger partial charge in [0.15, 0.2) is 0 Å². The molecule has 0 aromatic heterocycles. The van der Waals surface area contributed by atoms with Crippen LogP contribution < -0.4 is 16.0 Å². The summed E-state index contributed by atoms with van der Waals surface area (Å²) in [5.74, 6) is 0. The van der Waals surface area contributed by atoms with E-state index in [1.807, 2.05) is 21.1 Å². The standard InChI is InChI=1S/C12H28N3/c1-10(13-3)7-6-8-12(15-5)9-11(2)14-4/h6,10-15H,7-9H2,1-5H3. The molecule has 0 fully saturated rings. The molecule has 1 radical (unpaired) electrons. The van der Waals surface area contributed by atoms with Gasteiger partial charge in [-0.1, -0.05) is 0 Å². The van der Waals surface area contributed by atoms with Gasteiger partial charge in [0.25, 0.3) is 0 Å². The molecular formula is C12H28N3. The van der Waals surface area contributed by atoms with Crippen LogP contribution in [-0.4, -0.2) is 39.3 Å². The van der Waals surface area contributed by atoms with Gasteiger partial charge in [-0.2, -0.15) is 0 Å². The molecule has 3 heteroatoms. The maximum absolute atomic E-state index is 3.37. The summed E-state index contributed by atoms with van der Waals surface area (Å²) in [6.45, 7) is 4.43. The quantitative estimate of drug-likeness (QED) is 0.539. The smallest absolute Gasteiger partial charge is 0.00815 e. The fraction of sp³-hybridized carbons (Fsp3) is 0.917. The molecule has 0 aliphatic rings. The van der Waals surface area contributed by atoms with Crippen molar-refractivity contribution in [1.82, 2.24) is 16.0 Å². The van der Waals surface area contributed by atoms with Crippen LogP contribution >= 0.6 is 0 Å². The first-order valence-corrected chi connectivity index (χ1v) is 5.97. The van der Waals surface area contributed by atoms with Crippen LogP contribution in [0.5, 0.6) is 0 Å². The third kappa shape index (κ3) is 7.77. The lowest BCUT2D eigenvalue weighted by Gasteiger charge is -2.20. The largest absolute Gasteiger partial charge is 0.317 e. The van der Waals surface area contributed by atoms with Crippen LogP contribution in [0.3, 0.4) is 0 Å². The summed E-state index contributed by atoms with van der Waals surface area (Å²) in [5, 5.41) is 9.89. The van der Waals surface area contributed by atoms with E-state index in [9.17, 15) is 0 Å². The SMILES string of the molecule is CNC(C)C[CH]CC(CC(C)NC)NC. The lowest BCUT2D eigenvalue weighted by Crippen LogP contribution is -2.34. The Labute approximate surface area is 95.4 Å². The van der Waals surface area contributed by atoms with Gasteiger partial charge in [0.05, 0.1) is 0 Å². The molecule has 3 atom stereocenters. The minimum Gasteiger partial charge on any atom is -0.317 e. The van der Waals surface area contributed by atoms with Crippen LogP contribution in [0.1, 0.15) is 33.1 Å². The molecule has 0 spiro atoms. The predicted octanol–water partition coefficient (Wildman–Crippen LogP) is 1.16. The average Bonchev–Trinajstić information content (AvgIpc) is 2.26. The number of rotatable bonds is 9. The maximum atomic E-state index is 3.37. The van der Waals surface area contributed by atoms with E-state index in [-0.39, 0.29) is 0 Å². The van der Waals surface area contributed by atoms with Crippen molar-refractivity contribution < 1.29 is 0 Å². The molecule has 15 heavy (non-hydrogen) atoms. The Balaban J connectivity index is 3.61. The molecule has 0 aromatic rings. The molecule has 0 amide bonds. The summed E-state index contributed by atoms with van der Waals surface area (Å²) in [7, 11) is 6.07. The highest BCUT2D eigenvalue weighted by Gasteiger charge is 2.10. The minimum atomic E-state index is 0.581. The molecule has 0 aliphatic heterocycles. The zero-order valence-electron chi connectivity index (χ0n) is 10.9. The van der Waals surface area contributed by atoms with Gasteiger partial charge in [-0.05, 0) is 60.7 Å². The minimum absolute atomic E-state index is 0.581. The van der Waals surface area contributed by atoms with Gasteiger partial charge < -0.3 is 16.0 Å². The first-order valence-electron chi connectivity index (χ1n) is 5.97. The van der Waals surface area contributed by atoms with Crippen molar-refractivity contribution in [2.45, 2.75) is 51.2 Å². The van der Waals surface area contributed by atoms with Crippen molar-refractivity contribution in [3.63, 3.8) is 0 Å². The van der Waals surface area contributed by atoms with E-state index in [0.717, 1.165) is 12.8 Å². The molecule has 0 aromatic carbocycles. The molecule has 3 unspecified atom stereocenters. The number of hydrogen-bond donors (Lipinski definition) is 3. The third-order valence-corrected chi connectivity index (χ3v) is 3.00. The molecule has 0 rings (SSSR count). The monoisotopic (exact) mass is 214 g/mol. The second kappa shape index (κ2) is 9.13. The van der Waals surface area contributed by atoms with Crippen molar-refractivity contribution in [2.75, 3.05) is 21.1 Å². The Morgan fingerprint density at radius 3 is 1.93 bits per heavy atom. The van der Waals surface area contributed by atoms with E-state index in [1.165, 1.54) is 6.42 Å². The zero-order valence-corrected chi connectivity index (χ0v) is 10.9. The fourth-order valence-corrected chi connectivity index (χ4v) is 1.54. The highest BCUT2D eigenvalue weighted by molar-refractivity contribution is 4.80. The predicted molar refractivity (Wildman–Crippen MR) is 68.0 cm³/mol. The third-order valence-electron chi connectivity index (χ3n) is 3.00. The van der Waals surface area contributed by atoms with E-state index in [1.54, 1.807) is 0 Å². The van der Waals surface area contributed by atoms with Gasteiger partial charge in [0, 0.05) is 18.1 Å². The first kappa shape index (κ1) is 14.9. The molecular weight excluding hydrogens is 186 g/mol. The van der Waals surface area contributed by atoms with E-state index in [2.05, 4.69) is 36.2 Å².